The highest BCUT2D eigenvalue weighted by Crippen LogP contribution is 2.27. The van der Waals surface area contributed by atoms with E-state index in [1.54, 1.807) is 25.3 Å². The molecule has 1 amide bonds. The highest BCUT2D eigenvalue weighted by atomic mass is 35.5. The largest absolute Gasteiger partial charge is 0.495 e. The molecule has 1 saturated heterocycles. The molecule has 0 aliphatic carbocycles. The Bertz CT molecular complexity index is 763. The van der Waals surface area contributed by atoms with Crippen LogP contribution in [0.4, 0.5) is 11.6 Å². The summed E-state index contributed by atoms with van der Waals surface area (Å²) < 4.78 is 7.40. The summed E-state index contributed by atoms with van der Waals surface area (Å²) in [6.45, 7) is 6.68. The molecule has 7 nitrogen and oxygen atoms in total. The molecule has 0 unspecified atom stereocenters. The monoisotopic (exact) mass is 449 g/mol. The number of anilines is 2. The number of ether oxygens (including phenoxy) is 1. The molecule has 1 N–H and O–H groups in total. The third-order valence-corrected chi connectivity index (χ3v) is 4.73. The number of nitrogens with zero attached hydrogens (tertiary/aromatic N) is 4. The Hall–Kier alpha value is -1.67. The standard InChI is InChI=1S/C18H24ClN5O2.2ClH/c1-3-23-7-6-20-18(23)24-10-8-22(9-11-24)13-17(25)21-15-12-14(19)4-5-16(15)26-2;;/h4-7,12H,3,8-11,13H2,1-2H3,(H,21,25);2*1H. The number of halogens is 3. The number of aryl methyl sites for hydroxylation is 1. The van der Waals surface area contributed by atoms with E-state index in [0.717, 1.165) is 38.7 Å². The summed E-state index contributed by atoms with van der Waals surface area (Å²) in [6.07, 6.45) is 3.82. The second kappa shape index (κ2) is 11.4. The topological polar surface area (TPSA) is 62.6 Å². The molecular weight excluding hydrogens is 425 g/mol. The maximum atomic E-state index is 12.4. The van der Waals surface area contributed by atoms with E-state index in [1.165, 1.54) is 0 Å². The van der Waals surface area contributed by atoms with Crippen LogP contribution in [0.25, 0.3) is 0 Å². The minimum absolute atomic E-state index is 0. The summed E-state index contributed by atoms with van der Waals surface area (Å²) in [5.41, 5.74) is 0.591. The minimum atomic E-state index is -0.0749. The quantitative estimate of drug-likeness (QED) is 0.732. The number of aromatic nitrogens is 2. The van der Waals surface area contributed by atoms with Crippen molar-refractivity contribution in [2.24, 2.45) is 0 Å². The van der Waals surface area contributed by atoms with E-state index in [1.807, 2.05) is 12.4 Å². The van der Waals surface area contributed by atoms with Crippen molar-refractivity contribution in [1.29, 1.82) is 0 Å². The number of carbonyl (C=O) groups excluding carboxylic acids is 1. The van der Waals surface area contributed by atoms with Crippen molar-refractivity contribution in [3.05, 3.63) is 35.6 Å². The smallest absolute Gasteiger partial charge is 0.238 e. The lowest BCUT2D eigenvalue weighted by Gasteiger charge is -2.35. The number of hydrogen-bond donors (Lipinski definition) is 1. The molecule has 1 aromatic heterocycles. The van der Waals surface area contributed by atoms with Crippen molar-refractivity contribution >= 4 is 54.0 Å². The van der Waals surface area contributed by atoms with Gasteiger partial charge in [0, 0.05) is 50.1 Å². The summed E-state index contributed by atoms with van der Waals surface area (Å²) in [4.78, 5) is 21.2. The van der Waals surface area contributed by atoms with Crippen LogP contribution in [0.1, 0.15) is 6.92 Å². The van der Waals surface area contributed by atoms with E-state index in [2.05, 4.69) is 31.6 Å². The van der Waals surface area contributed by atoms with Gasteiger partial charge in [0.15, 0.2) is 0 Å². The molecule has 3 rings (SSSR count). The van der Waals surface area contributed by atoms with Gasteiger partial charge in [-0.1, -0.05) is 11.6 Å². The number of imidazole rings is 1. The summed E-state index contributed by atoms with van der Waals surface area (Å²) in [5, 5.41) is 3.44. The predicted octanol–water partition coefficient (Wildman–Crippen LogP) is 3.17. The molecule has 0 bridgehead atoms. The molecule has 156 valence electrons. The van der Waals surface area contributed by atoms with Crippen LogP contribution in [0, 0.1) is 0 Å². The summed E-state index contributed by atoms with van der Waals surface area (Å²) >= 11 is 6.01. The van der Waals surface area contributed by atoms with Crippen LogP contribution in [0.3, 0.4) is 0 Å². The van der Waals surface area contributed by atoms with Crippen molar-refractivity contribution in [3.63, 3.8) is 0 Å². The van der Waals surface area contributed by atoms with Crippen molar-refractivity contribution in [3.8, 4) is 5.75 Å². The van der Waals surface area contributed by atoms with Gasteiger partial charge in [-0.2, -0.15) is 0 Å². The number of rotatable bonds is 6. The zero-order valence-corrected chi connectivity index (χ0v) is 18.3. The van der Waals surface area contributed by atoms with Gasteiger partial charge in [0.25, 0.3) is 0 Å². The molecule has 28 heavy (non-hydrogen) atoms. The van der Waals surface area contributed by atoms with E-state index < -0.39 is 0 Å². The Morgan fingerprint density at radius 1 is 1.25 bits per heavy atom. The number of methoxy groups -OCH3 is 1. The third-order valence-electron chi connectivity index (χ3n) is 4.49. The van der Waals surface area contributed by atoms with Crippen molar-refractivity contribution in [1.82, 2.24) is 14.5 Å². The Balaban J connectivity index is 0.00000196. The SMILES string of the molecule is CCn1ccnc1N1CCN(CC(=O)Nc2cc(Cl)ccc2OC)CC1.Cl.Cl. The number of nitrogens with one attached hydrogen (secondary N) is 1. The predicted molar refractivity (Wildman–Crippen MR) is 118 cm³/mol. The molecule has 0 saturated carbocycles. The first-order chi connectivity index (χ1) is 12.6. The first kappa shape index (κ1) is 24.4. The van der Waals surface area contributed by atoms with Crippen LogP contribution in [-0.4, -0.2) is 60.2 Å². The molecule has 0 spiro atoms. The number of hydrogen-bond acceptors (Lipinski definition) is 5. The van der Waals surface area contributed by atoms with Crippen LogP contribution in [0.5, 0.6) is 5.75 Å². The van der Waals surface area contributed by atoms with Gasteiger partial charge < -0.3 is 19.5 Å². The fourth-order valence-electron chi connectivity index (χ4n) is 3.11. The Morgan fingerprint density at radius 3 is 2.61 bits per heavy atom. The third kappa shape index (κ3) is 5.91. The second-order valence-electron chi connectivity index (χ2n) is 6.17. The molecule has 1 aliphatic rings. The lowest BCUT2D eigenvalue weighted by atomic mass is 10.2. The molecule has 10 heteroatoms. The van der Waals surface area contributed by atoms with Gasteiger partial charge in [0.2, 0.25) is 11.9 Å². The molecule has 0 atom stereocenters. The van der Waals surface area contributed by atoms with E-state index >= 15 is 0 Å². The average Bonchev–Trinajstić information content (AvgIpc) is 3.11. The average molecular weight is 451 g/mol. The first-order valence-electron chi connectivity index (χ1n) is 8.72. The first-order valence-corrected chi connectivity index (χ1v) is 9.10. The fourth-order valence-corrected chi connectivity index (χ4v) is 3.28. The summed E-state index contributed by atoms with van der Waals surface area (Å²) in [6, 6.07) is 5.17. The zero-order chi connectivity index (χ0) is 18.5. The van der Waals surface area contributed by atoms with E-state index in [-0.39, 0.29) is 30.7 Å². The lowest BCUT2D eigenvalue weighted by molar-refractivity contribution is -0.117. The van der Waals surface area contributed by atoms with Crippen LogP contribution in [-0.2, 0) is 11.3 Å². The Labute approximate surface area is 182 Å². The molecule has 2 aromatic rings. The maximum absolute atomic E-state index is 12.4. The van der Waals surface area contributed by atoms with Gasteiger partial charge in [-0.3, -0.25) is 9.69 Å². The second-order valence-corrected chi connectivity index (χ2v) is 6.61. The van der Waals surface area contributed by atoms with Gasteiger partial charge in [0.05, 0.1) is 19.3 Å². The number of carbonyl (C=O) groups is 1. The lowest BCUT2D eigenvalue weighted by Crippen LogP contribution is -2.49. The molecule has 2 heterocycles. The van der Waals surface area contributed by atoms with Crippen LogP contribution in [0.2, 0.25) is 5.02 Å². The minimum Gasteiger partial charge on any atom is -0.495 e. The highest BCUT2D eigenvalue weighted by Gasteiger charge is 2.22. The van der Waals surface area contributed by atoms with Crippen molar-refractivity contribution in [2.75, 3.05) is 50.1 Å². The van der Waals surface area contributed by atoms with Gasteiger partial charge in [-0.25, -0.2) is 4.98 Å². The zero-order valence-electron chi connectivity index (χ0n) is 15.9. The molecule has 1 aliphatic heterocycles. The van der Waals surface area contributed by atoms with Gasteiger partial charge >= 0.3 is 0 Å². The molecular formula is C18H26Cl3N5O2. The Morgan fingerprint density at radius 2 is 1.96 bits per heavy atom. The normalized spacial score (nSPS) is 14.0. The highest BCUT2D eigenvalue weighted by molar-refractivity contribution is 6.31. The summed E-state index contributed by atoms with van der Waals surface area (Å²) in [5.74, 6) is 1.52. The number of amides is 1. The van der Waals surface area contributed by atoms with Gasteiger partial charge in [-0.15, -0.1) is 24.8 Å². The van der Waals surface area contributed by atoms with Gasteiger partial charge in [-0.05, 0) is 25.1 Å². The van der Waals surface area contributed by atoms with Crippen molar-refractivity contribution < 1.29 is 9.53 Å². The number of piperazine rings is 1. The van der Waals surface area contributed by atoms with Crippen LogP contribution >= 0.6 is 36.4 Å². The molecule has 0 radical (unpaired) electrons. The fraction of sp³-hybridized carbons (Fsp3) is 0.444. The van der Waals surface area contributed by atoms with E-state index in [4.69, 9.17) is 16.3 Å². The van der Waals surface area contributed by atoms with E-state index in [9.17, 15) is 4.79 Å². The van der Waals surface area contributed by atoms with Gasteiger partial charge in [0.1, 0.15) is 5.75 Å². The number of benzene rings is 1. The van der Waals surface area contributed by atoms with Crippen molar-refractivity contribution in [2.45, 2.75) is 13.5 Å². The van der Waals surface area contributed by atoms with Crippen LogP contribution < -0.4 is 15.0 Å². The molecule has 1 aromatic carbocycles. The van der Waals surface area contributed by atoms with E-state index in [0.29, 0.717) is 23.0 Å². The molecule has 1 fully saturated rings. The van der Waals surface area contributed by atoms with Crippen LogP contribution in [0.15, 0.2) is 30.6 Å². The Kier molecular flexibility index (Phi) is 9.89. The maximum Gasteiger partial charge on any atom is 0.238 e. The summed E-state index contributed by atoms with van der Waals surface area (Å²) in [7, 11) is 1.57.